The van der Waals surface area contributed by atoms with E-state index in [0.717, 1.165) is 13.0 Å². The van der Waals surface area contributed by atoms with Crippen LogP contribution < -0.4 is 5.73 Å². The average molecular weight is 168 g/mol. The summed E-state index contributed by atoms with van der Waals surface area (Å²) in [6, 6.07) is 0. The summed E-state index contributed by atoms with van der Waals surface area (Å²) in [5.41, 5.74) is 5.39. The molecule has 1 aromatic rings. The van der Waals surface area contributed by atoms with Gasteiger partial charge in [-0.3, -0.25) is 0 Å². The van der Waals surface area contributed by atoms with Gasteiger partial charge in [0.25, 0.3) is 0 Å². The van der Waals surface area contributed by atoms with E-state index in [0.29, 0.717) is 5.82 Å². The summed E-state index contributed by atoms with van der Waals surface area (Å²) >= 11 is 0. The Balaban J connectivity index is 2.91. The molecule has 1 heterocycles. The molecule has 0 bridgehead atoms. The van der Waals surface area contributed by atoms with Crippen molar-refractivity contribution in [3.05, 3.63) is 18.2 Å². The molecule has 0 saturated heterocycles. The van der Waals surface area contributed by atoms with Gasteiger partial charge in [0.05, 0.1) is 0 Å². The van der Waals surface area contributed by atoms with Crippen LogP contribution in [-0.4, -0.2) is 20.6 Å². The second kappa shape index (κ2) is 3.75. The van der Waals surface area contributed by atoms with Crippen LogP contribution in [0.2, 0.25) is 0 Å². The molecule has 12 heavy (non-hydrogen) atoms. The Kier molecular flexibility index (Phi) is 2.68. The van der Waals surface area contributed by atoms with E-state index in [2.05, 4.69) is 17.1 Å². The monoisotopic (exact) mass is 168 g/mol. The minimum atomic E-state index is 0.0495. The first-order valence-corrected chi connectivity index (χ1v) is 3.78. The maximum atomic E-state index is 8.41. The highest BCUT2D eigenvalue weighted by Gasteiger charge is 2.05. The molecule has 0 aliphatic rings. The zero-order valence-electron chi connectivity index (χ0n) is 6.94. The summed E-state index contributed by atoms with van der Waals surface area (Å²) in [5.74, 6) is 0.563. The molecule has 0 fully saturated rings. The van der Waals surface area contributed by atoms with Crippen molar-refractivity contribution in [3.8, 4) is 0 Å². The van der Waals surface area contributed by atoms with Crippen LogP contribution in [0.4, 0.5) is 0 Å². The molecular weight excluding hydrogens is 156 g/mol. The van der Waals surface area contributed by atoms with Gasteiger partial charge in [-0.05, 0) is 6.42 Å². The predicted molar refractivity (Wildman–Crippen MR) is 45.0 cm³/mol. The lowest BCUT2D eigenvalue weighted by molar-refractivity contribution is 0.318. The van der Waals surface area contributed by atoms with Crippen LogP contribution in [-0.2, 0) is 6.54 Å². The largest absolute Gasteiger partial charge is 0.409 e. The van der Waals surface area contributed by atoms with Crippen LogP contribution in [0.15, 0.2) is 17.5 Å². The number of nitrogens with two attached hydrogens (primary N) is 1. The van der Waals surface area contributed by atoms with Crippen molar-refractivity contribution in [1.82, 2.24) is 9.55 Å². The maximum Gasteiger partial charge on any atom is 0.206 e. The van der Waals surface area contributed by atoms with Gasteiger partial charge in [-0.1, -0.05) is 12.1 Å². The number of aryl methyl sites for hydroxylation is 1. The molecule has 0 amide bonds. The molecule has 0 aromatic carbocycles. The van der Waals surface area contributed by atoms with E-state index in [1.165, 1.54) is 0 Å². The van der Waals surface area contributed by atoms with E-state index in [1.54, 1.807) is 12.4 Å². The van der Waals surface area contributed by atoms with Gasteiger partial charge in [-0.15, -0.1) is 0 Å². The average Bonchev–Trinajstić information content (AvgIpc) is 2.52. The Morgan fingerprint density at radius 2 is 2.58 bits per heavy atom. The standard InChI is InChI=1S/C7H12N4O/c1-2-4-11-5-3-9-7(11)6(8)10-12/h3,5,12H,2,4H2,1H3,(H2,8,10). The normalized spacial score (nSPS) is 11.9. The number of nitrogens with zero attached hydrogens (tertiary/aromatic N) is 3. The second-order valence-corrected chi connectivity index (χ2v) is 2.43. The molecule has 5 nitrogen and oxygen atoms in total. The van der Waals surface area contributed by atoms with Gasteiger partial charge in [-0.25, -0.2) is 4.98 Å². The lowest BCUT2D eigenvalue weighted by Crippen LogP contribution is -2.19. The number of amidine groups is 1. The molecular formula is C7H12N4O. The minimum Gasteiger partial charge on any atom is -0.409 e. The summed E-state index contributed by atoms with van der Waals surface area (Å²) in [6.45, 7) is 2.88. The van der Waals surface area contributed by atoms with E-state index in [4.69, 9.17) is 10.9 Å². The SMILES string of the molecule is CCCn1ccnc1/C(N)=N/O. The van der Waals surface area contributed by atoms with Gasteiger partial charge < -0.3 is 15.5 Å². The third-order valence-electron chi connectivity index (χ3n) is 1.52. The Morgan fingerprint density at radius 1 is 1.83 bits per heavy atom. The molecule has 0 saturated carbocycles. The number of rotatable bonds is 3. The van der Waals surface area contributed by atoms with Gasteiger partial charge in [0.15, 0.2) is 5.82 Å². The molecule has 0 unspecified atom stereocenters. The van der Waals surface area contributed by atoms with Crippen LogP contribution in [0.1, 0.15) is 19.2 Å². The molecule has 1 rings (SSSR count). The number of oxime groups is 1. The Hall–Kier alpha value is -1.52. The lowest BCUT2D eigenvalue weighted by Gasteiger charge is -2.03. The Labute approximate surface area is 70.5 Å². The van der Waals surface area contributed by atoms with Crippen molar-refractivity contribution in [2.45, 2.75) is 19.9 Å². The zero-order chi connectivity index (χ0) is 8.97. The summed E-state index contributed by atoms with van der Waals surface area (Å²) in [6.07, 6.45) is 4.42. The molecule has 0 aliphatic carbocycles. The van der Waals surface area contributed by atoms with Crippen molar-refractivity contribution in [2.24, 2.45) is 10.9 Å². The number of aromatic nitrogens is 2. The summed E-state index contributed by atoms with van der Waals surface area (Å²) < 4.78 is 1.84. The number of imidazole rings is 1. The summed E-state index contributed by atoms with van der Waals surface area (Å²) in [5, 5.41) is 11.3. The Morgan fingerprint density at radius 3 is 3.17 bits per heavy atom. The third-order valence-corrected chi connectivity index (χ3v) is 1.52. The highest BCUT2D eigenvalue weighted by atomic mass is 16.4. The van der Waals surface area contributed by atoms with E-state index >= 15 is 0 Å². The molecule has 1 aromatic heterocycles. The van der Waals surface area contributed by atoms with Gasteiger partial charge in [0.2, 0.25) is 5.84 Å². The number of hydrogen-bond acceptors (Lipinski definition) is 3. The molecule has 0 atom stereocenters. The topological polar surface area (TPSA) is 76.4 Å². The van der Waals surface area contributed by atoms with Gasteiger partial charge in [0, 0.05) is 18.9 Å². The van der Waals surface area contributed by atoms with Gasteiger partial charge in [0.1, 0.15) is 0 Å². The molecule has 5 heteroatoms. The van der Waals surface area contributed by atoms with Crippen molar-refractivity contribution in [1.29, 1.82) is 0 Å². The van der Waals surface area contributed by atoms with E-state index in [1.807, 2.05) is 4.57 Å². The molecule has 3 N–H and O–H groups in total. The van der Waals surface area contributed by atoms with Gasteiger partial charge in [-0.2, -0.15) is 0 Å². The van der Waals surface area contributed by atoms with Crippen molar-refractivity contribution >= 4 is 5.84 Å². The van der Waals surface area contributed by atoms with E-state index in [9.17, 15) is 0 Å². The first-order valence-electron chi connectivity index (χ1n) is 3.78. The fourth-order valence-electron chi connectivity index (χ4n) is 1.01. The minimum absolute atomic E-state index is 0.0495. The van der Waals surface area contributed by atoms with E-state index < -0.39 is 0 Å². The van der Waals surface area contributed by atoms with E-state index in [-0.39, 0.29) is 5.84 Å². The number of hydrogen-bond donors (Lipinski definition) is 2. The predicted octanol–water partition coefficient (Wildman–Crippen LogP) is 0.388. The third kappa shape index (κ3) is 1.55. The van der Waals surface area contributed by atoms with Crippen molar-refractivity contribution in [2.75, 3.05) is 0 Å². The van der Waals surface area contributed by atoms with Crippen molar-refractivity contribution < 1.29 is 5.21 Å². The quantitative estimate of drug-likeness (QED) is 0.296. The fourth-order valence-corrected chi connectivity index (χ4v) is 1.01. The van der Waals surface area contributed by atoms with Crippen LogP contribution in [0.5, 0.6) is 0 Å². The first-order chi connectivity index (χ1) is 5.79. The first kappa shape index (κ1) is 8.58. The highest BCUT2D eigenvalue weighted by molar-refractivity contribution is 5.93. The molecule has 66 valence electrons. The summed E-state index contributed by atoms with van der Waals surface area (Å²) in [7, 11) is 0. The lowest BCUT2D eigenvalue weighted by atomic mass is 10.4. The van der Waals surface area contributed by atoms with Crippen LogP contribution >= 0.6 is 0 Å². The fraction of sp³-hybridized carbons (Fsp3) is 0.429. The second-order valence-electron chi connectivity index (χ2n) is 2.43. The van der Waals surface area contributed by atoms with Crippen LogP contribution in [0.25, 0.3) is 0 Å². The Bertz CT molecular complexity index is 279. The maximum absolute atomic E-state index is 8.41. The molecule has 0 aliphatic heterocycles. The summed E-state index contributed by atoms with van der Waals surface area (Å²) in [4.78, 5) is 3.95. The molecule has 0 radical (unpaired) electrons. The van der Waals surface area contributed by atoms with Crippen molar-refractivity contribution in [3.63, 3.8) is 0 Å². The highest BCUT2D eigenvalue weighted by Crippen LogP contribution is 1.98. The zero-order valence-corrected chi connectivity index (χ0v) is 6.94. The van der Waals surface area contributed by atoms with Crippen LogP contribution in [0.3, 0.4) is 0 Å². The van der Waals surface area contributed by atoms with Crippen LogP contribution in [0, 0.1) is 0 Å². The van der Waals surface area contributed by atoms with Gasteiger partial charge >= 0.3 is 0 Å². The molecule has 0 spiro atoms. The smallest absolute Gasteiger partial charge is 0.206 e.